The highest BCUT2D eigenvalue weighted by molar-refractivity contribution is 9.11. The molecule has 0 fully saturated rings. The molecule has 36 heavy (non-hydrogen) atoms. The Balaban J connectivity index is 1.74. The van der Waals surface area contributed by atoms with Gasteiger partial charge in [-0.2, -0.15) is 0 Å². The molecule has 4 aromatic rings. The number of benzene rings is 4. The molecular formula is C28H14Br2N2O4. The standard InChI is InChI=1S/C28H14Br2N2O4/c29-17-9-15(19-21(23(17)31)27(35)13-7-3-1-5-11(13)25(19)33)16-10-18(30)24(32)22-20(16)26(34)12-6-2-4-8-14(12)28(22)36/h1-10H,31-32H2. The minimum Gasteiger partial charge on any atom is -0.397 e. The number of halogens is 2. The lowest BCUT2D eigenvalue weighted by Crippen LogP contribution is -2.26. The zero-order valence-corrected chi connectivity index (χ0v) is 21.5. The van der Waals surface area contributed by atoms with Gasteiger partial charge < -0.3 is 11.5 Å². The maximum Gasteiger partial charge on any atom is 0.196 e. The topological polar surface area (TPSA) is 120 Å². The number of ketones is 4. The normalized spacial score (nSPS) is 13.7. The van der Waals surface area contributed by atoms with E-state index in [9.17, 15) is 19.2 Å². The van der Waals surface area contributed by atoms with Crippen molar-refractivity contribution >= 4 is 66.4 Å². The van der Waals surface area contributed by atoms with Gasteiger partial charge in [0.25, 0.3) is 0 Å². The van der Waals surface area contributed by atoms with Gasteiger partial charge in [0, 0.05) is 42.3 Å². The van der Waals surface area contributed by atoms with Crippen LogP contribution in [0.25, 0.3) is 11.1 Å². The summed E-state index contributed by atoms with van der Waals surface area (Å²) in [6.07, 6.45) is 0. The Kier molecular flexibility index (Phi) is 4.90. The van der Waals surface area contributed by atoms with Gasteiger partial charge in [-0.05, 0) is 55.1 Å². The van der Waals surface area contributed by atoms with E-state index in [1.54, 1.807) is 60.7 Å². The zero-order chi connectivity index (χ0) is 25.5. The summed E-state index contributed by atoms with van der Waals surface area (Å²) in [5, 5.41) is 0. The molecule has 0 atom stereocenters. The average Bonchev–Trinajstić information content (AvgIpc) is 2.88. The smallest absolute Gasteiger partial charge is 0.196 e. The van der Waals surface area contributed by atoms with Crippen LogP contribution in [0.5, 0.6) is 0 Å². The highest BCUT2D eigenvalue weighted by atomic mass is 79.9. The molecule has 0 radical (unpaired) electrons. The number of carbonyl (C=O) groups excluding carboxylic acids is 4. The zero-order valence-electron chi connectivity index (χ0n) is 18.3. The molecule has 0 saturated heterocycles. The van der Waals surface area contributed by atoms with Crippen LogP contribution in [0.15, 0.2) is 69.6 Å². The second-order valence-corrected chi connectivity index (χ2v) is 10.3. The molecule has 0 unspecified atom stereocenters. The van der Waals surface area contributed by atoms with Gasteiger partial charge in [-0.1, -0.05) is 48.5 Å². The first-order valence-electron chi connectivity index (χ1n) is 10.8. The molecule has 6 rings (SSSR count). The fraction of sp³-hybridized carbons (Fsp3) is 0. The van der Waals surface area contributed by atoms with Gasteiger partial charge in [-0.25, -0.2) is 0 Å². The van der Waals surface area contributed by atoms with Crippen LogP contribution in [-0.2, 0) is 0 Å². The van der Waals surface area contributed by atoms with E-state index in [4.69, 9.17) is 11.5 Å². The molecule has 0 spiro atoms. The van der Waals surface area contributed by atoms with Crippen LogP contribution in [0, 0.1) is 0 Å². The number of nitrogen functional groups attached to an aromatic ring is 2. The molecule has 8 heteroatoms. The van der Waals surface area contributed by atoms with Crippen molar-refractivity contribution in [3.05, 3.63) is 114 Å². The number of hydrogen-bond acceptors (Lipinski definition) is 6. The summed E-state index contributed by atoms with van der Waals surface area (Å²) in [4.78, 5) is 54.5. The molecule has 4 aromatic carbocycles. The van der Waals surface area contributed by atoms with Crippen molar-refractivity contribution in [2.24, 2.45) is 0 Å². The first-order valence-corrected chi connectivity index (χ1v) is 12.4. The molecule has 0 bridgehead atoms. The fourth-order valence-corrected chi connectivity index (χ4v) is 5.85. The van der Waals surface area contributed by atoms with Crippen LogP contribution in [0.4, 0.5) is 11.4 Å². The van der Waals surface area contributed by atoms with Gasteiger partial charge in [0.05, 0.1) is 22.5 Å². The summed E-state index contributed by atoms with van der Waals surface area (Å²) in [7, 11) is 0. The molecule has 0 heterocycles. The first-order chi connectivity index (χ1) is 17.2. The molecule has 0 aromatic heterocycles. The number of anilines is 2. The molecule has 4 N–H and O–H groups in total. The van der Waals surface area contributed by atoms with E-state index in [1.807, 2.05) is 0 Å². The third-order valence-electron chi connectivity index (χ3n) is 6.67. The highest BCUT2D eigenvalue weighted by Gasteiger charge is 2.39. The van der Waals surface area contributed by atoms with Crippen molar-refractivity contribution in [1.29, 1.82) is 0 Å². The lowest BCUT2D eigenvalue weighted by Gasteiger charge is -2.26. The van der Waals surface area contributed by atoms with Gasteiger partial charge in [0.2, 0.25) is 0 Å². The van der Waals surface area contributed by atoms with Crippen LogP contribution in [0.1, 0.15) is 63.7 Å². The lowest BCUT2D eigenvalue weighted by molar-refractivity contribution is 0.0978. The number of rotatable bonds is 1. The van der Waals surface area contributed by atoms with E-state index in [0.717, 1.165) is 0 Å². The van der Waals surface area contributed by atoms with Crippen molar-refractivity contribution in [3.63, 3.8) is 0 Å². The van der Waals surface area contributed by atoms with Crippen LogP contribution in [0.3, 0.4) is 0 Å². The van der Waals surface area contributed by atoms with Crippen molar-refractivity contribution in [3.8, 4) is 11.1 Å². The Morgan fingerprint density at radius 2 is 0.722 bits per heavy atom. The molecule has 2 aliphatic rings. The molecule has 174 valence electrons. The quantitative estimate of drug-likeness (QED) is 0.237. The highest BCUT2D eigenvalue weighted by Crippen LogP contribution is 2.46. The molecule has 0 saturated carbocycles. The van der Waals surface area contributed by atoms with Gasteiger partial charge in [-0.3, -0.25) is 19.2 Å². The van der Waals surface area contributed by atoms with Crippen LogP contribution < -0.4 is 11.5 Å². The summed E-state index contributed by atoms with van der Waals surface area (Å²) in [5.74, 6) is -1.58. The van der Waals surface area contributed by atoms with Crippen LogP contribution >= 0.6 is 31.9 Å². The minimum absolute atomic E-state index is 0.0553. The van der Waals surface area contributed by atoms with Gasteiger partial charge in [0.15, 0.2) is 23.1 Å². The van der Waals surface area contributed by atoms with Crippen molar-refractivity contribution in [2.75, 3.05) is 11.5 Å². The Morgan fingerprint density at radius 3 is 1.03 bits per heavy atom. The Morgan fingerprint density at radius 1 is 0.444 bits per heavy atom. The third kappa shape index (κ3) is 2.88. The summed E-state index contributed by atoms with van der Waals surface area (Å²) < 4.78 is 0.766. The second kappa shape index (κ2) is 7.81. The van der Waals surface area contributed by atoms with E-state index in [-0.39, 0.29) is 55.9 Å². The first kappa shape index (κ1) is 22.6. The van der Waals surface area contributed by atoms with E-state index in [0.29, 0.717) is 20.1 Å². The predicted molar refractivity (Wildman–Crippen MR) is 143 cm³/mol. The average molecular weight is 602 g/mol. The van der Waals surface area contributed by atoms with Gasteiger partial charge >= 0.3 is 0 Å². The van der Waals surface area contributed by atoms with Crippen LogP contribution in [-0.4, -0.2) is 23.1 Å². The Bertz CT molecular complexity index is 1630. The van der Waals surface area contributed by atoms with Crippen molar-refractivity contribution in [2.45, 2.75) is 0 Å². The molecule has 0 aliphatic heterocycles. The summed E-state index contributed by atoms with van der Waals surface area (Å²) >= 11 is 6.83. The maximum absolute atomic E-state index is 13.8. The Labute approximate surface area is 221 Å². The largest absolute Gasteiger partial charge is 0.397 e. The SMILES string of the molecule is Nc1c(Br)cc(-c2cc(Br)c(N)c3c2C(=O)c2ccccc2C3=O)c2c1C(=O)c1ccccc1C2=O. The molecule has 0 amide bonds. The number of nitrogens with two attached hydrogens (primary N) is 2. The van der Waals surface area contributed by atoms with Crippen molar-refractivity contribution in [1.82, 2.24) is 0 Å². The summed E-state index contributed by atoms with van der Waals surface area (Å²) in [6.45, 7) is 0. The lowest BCUT2D eigenvalue weighted by atomic mass is 9.76. The van der Waals surface area contributed by atoms with E-state index >= 15 is 0 Å². The summed E-state index contributed by atoms with van der Waals surface area (Å²) in [6, 6.07) is 16.2. The van der Waals surface area contributed by atoms with Gasteiger partial charge in [0.1, 0.15) is 0 Å². The minimum atomic E-state index is -0.397. The Hall–Kier alpha value is -3.88. The fourth-order valence-electron chi connectivity index (χ4n) is 5.00. The van der Waals surface area contributed by atoms with E-state index in [2.05, 4.69) is 31.9 Å². The van der Waals surface area contributed by atoms with Crippen molar-refractivity contribution < 1.29 is 19.2 Å². The second-order valence-electron chi connectivity index (χ2n) is 8.55. The van der Waals surface area contributed by atoms with E-state index in [1.165, 1.54) is 0 Å². The molecule has 6 nitrogen and oxygen atoms in total. The van der Waals surface area contributed by atoms with Gasteiger partial charge in [-0.15, -0.1) is 0 Å². The molecule has 2 aliphatic carbocycles. The molecular weight excluding hydrogens is 588 g/mol. The summed E-state index contributed by atoms with van der Waals surface area (Å²) in [5.41, 5.74) is 14.7. The number of fused-ring (bicyclic) bond motifs is 4. The number of carbonyl (C=O) groups is 4. The number of hydrogen-bond donors (Lipinski definition) is 2. The monoisotopic (exact) mass is 600 g/mol. The maximum atomic E-state index is 13.8. The van der Waals surface area contributed by atoms with Crippen LogP contribution in [0.2, 0.25) is 0 Å². The predicted octanol–water partition coefficient (Wildman–Crippen LogP) is 5.59. The third-order valence-corrected chi connectivity index (χ3v) is 7.98. The van der Waals surface area contributed by atoms with E-state index < -0.39 is 23.1 Å².